The molecule has 0 aliphatic heterocycles. The average molecular weight is 646 g/mol. The van der Waals surface area contributed by atoms with Gasteiger partial charge in [0.1, 0.15) is 15.0 Å². The molecule has 3 nitrogen and oxygen atoms in total. The molecule has 0 atom stereocenters. The lowest BCUT2D eigenvalue weighted by molar-refractivity contribution is -0.138. The Kier molecular flexibility index (Phi) is 9.64. The Morgan fingerprint density at radius 1 is 0.500 bits per heavy atom. The number of hydrogen-bond donors (Lipinski definition) is 0. The van der Waals surface area contributed by atoms with Crippen LogP contribution in [0.1, 0.15) is 11.1 Å². The molecule has 0 fully saturated rings. The lowest BCUT2D eigenvalue weighted by Crippen LogP contribution is -2.12. The van der Waals surface area contributed by atoms with Gasteiger partial charge in [0.05, 0.1) is 22.0 Å². The molecule has 0 unspecified atom stereocenters. The molecule has 42 heavy (non-hydrogen) atoms. The lowest BCUT2D eigenvalue weighted by atomic mass is 10.2. The van der Waals surface area contributed by atoms with E-state index in [1.54, 1.807) is 30.3 Å². The first-order chi connectivity index (χ1) is 19.3. The van der Waals surface area contributed by atoms with Gasteiger partial charge in [-0.15, -0.1) is 0 Å². The lowest BCUT2D eigenvalue weighted by Gasteiger charge is -2.11. The Morgan fingerprint density at radius 3 is 1.12 bits per heavy atom. The van der Waals surface area contributed by atoms with Crippen molar-refractivity contribution in [3.63, 3.8) is 0 Å². The van der Waals surface area contributed by atoms with Crippen LogP contribution < -0.4 is 0 Å². The monoisotopic (exact) mass is 646 g/mol. The van der Waals surface area contributed by atoms with E-state index < -0.39 is 78.5 Å². The maximum atomic E-state index is 12.8. The van der Waals surface area contributed by atoms with Crippen molar-refractivity contribution in [2.75, 3.05) is 0 Å². The van der Waals surface area contributed by atoms with E-state index in [4.69, 9.17) is 0 Å². The molecule has 4 aromatic carbocycles. The molecule has 0 aliphatic carbocycles. The summed E-state index contributed by atoms with van der Waals surface area (Å²) < 4.78 is 170. The Balaban J connectivity index is 0.000000274. The Hall–Kier alpha value is -3.63. The summed E-state index contributed by atoms with van der Waals surface area (Å²) in [6.45, 7) is 0. The van der Waals surface area contributed by atoms with Crippen LogP contribution in [0.4, 0.5) is 48.3 Å². The fourth-order valence-corrected chi connectivity index (χ4v) is 6.01. The zero-order valence-corrected chi connectivity index (χ0v) is 21.8. The highest BCUT2D eigenvalue weighted by atomic mass is 32.2. The van der Waals surface area contributed by atoms with Crippen molar-refractivity contribution in [1.82, 2.24) is 0 Å². The van der Waals surface area contributed by atoms with E-state index in [2.05, 4.69) is 0 Å². The smallest absolute Gasteiger partial charge is 0.416 e. The van der Waals surface area contributed by atoms with Crippen LogP contribution in [0.2, 0.25) is 0 Å². The van der Waals surface area contributed by atoms with E-state index in [1.165, 1.54) is 24.3 Å². The van der Waals surface area contributed by atoms with Crippen molar-refractivity contribution in [2.45, 2.75) is 31.9 Å². The van der Waals surface area contributed by atoms with Crippen molar-refractivity contribution in [3.05, 3.63) is 119 Å². The Morgan fingerprint density at radius 2 is 0.810 bits per heavy atom. The topological polar surface area (TPSA) is 57.2 Å². The maximum Gasteiger partial charge on any atom is 0.416 e. The summed E-state index contributed by atoms with van der Waals surface area (Å²) in [4.78, 5) is -0.390. The molecule has 0 radical (unpaired) electrons. The largest absolute Gasteiger partial charge is 0.744 e. The number of rotatable bonds is 4. The van der Waals surface area contributed by atoms with E-state index in [1.807, 2.05) is 0 Å². The van der Waals surface area contributed by atoms with Crippen molar-refractivity contribution in [2.24, 2.45) is 0 Å². The van der Waals surface area contributed by atoms with Gasteiger partial charge in [-0.1, -0.05) is 18.2 Å². The summed E-state index contributed by atoms with van der Waals surface area (Å²) in [7, 11) is -6.59. The molecular weight excluding hydrogens is 633 g/mol. The summed E-state index contributed by atoms with van der Waals surface area (Å²) >= 11 is 0. The SMILES string of the molecule is FC(F)(F)c1ccc([S+](c2ccccc2)c2ccc(C(F)(F)F)cc2)cc1.O=S(=O)([O-])c1c(F)c(F)c(F)c(F)c1F. The van der Waals surface area contributed by atoms with Crippen LogP contribution in [0, 0.1) is 29.1 Å². The van der Waals surface area contributed by atoms with E-state index >= 15 is 0 Å². The van der Waals surface area contributed by atoms with Gasteiger partial charge in [0.15, 0.2) is 38.0 Å². The number of alkyl halides is 6. The van der Waals surface area contributed by atoms with Crippen molar-refractivity contribution in [1.29, 1.82) is 0 Å². The first kappa shape index (κ1) is 32.9. The van der Waals surface area contributed by atoms with Gasteiger partial charge < -0.3 is 4.55 Å². The van der Waals surface area contributed by atoms with Crippen LogP contribution in [-0.2, 0) is 33.4 Å². The second-order valence-corrected chi connectivity index (χ2v) is 11.4. The molecule has 4 aromatic rings. The van der Waals surface area contributed by atoms with Crippen LogP contribution >= 0.6 is 0 Å². The third-order valence-electron chi connectivity index (χ3n) is 5.23. The Bertz CT molecular complexity index is 1570. The predicted molar refractivity (Wildman–Crippen MR) is 126 cm³/mol. The van der Waals surface area contributed by atoms with Gasteiger partial charge in [0, 0.05) is 0 Å². The fourth-order valence-electron chi connectivity index (χ4n) is 3.33. The minimum Gasteiger partial charge on any atom is -0.744 e. The molecule has 0 saturated carbocycles. The Labute approximate surface area is 233 Å². The van der Waals surface area contributed by atoms with E-state index in [0.717, 1.165) is 29.2 Å². The highest BCUT2D eigenvalue weighted by Crippen LogP contribution is 2.36. The molecule has 0 amide bonds. The van der Waals surface area contributed by atoms with Gasteiger partial charge in [-0.25, -0.2) is 30.4 Å². The summed E-state index contributed by atoms with van der Waals surface area (Å²) in [6, 6.07) is 18.4. The third kappa shape index (κ3) is 7.41. The molecular formula is C26H13F11O3S2. The summed E-state index contributed by atoms with van der Waals surface area (Å²) in [5.74, 6) is -12.8. The van der Waals surface area contributed by atoms with Gasteiger partial charge in [0.2, 0.25) is 5.82 Å². The molecule has 0 saturated heterocycles. The van der Waals surface area contributed by atoms with Crippen molar-refractivity contribution in [3.8, 4) is 0 Å². The molecule has 0 spiro atoms. The zero-order chi connectivity index (χ0) is 31.6. The second-order valence-electron chi connectivity index (χ2n) is 8.02. The first-order valence-corrected chi connectivity index (χ1v) is 13.6. The summed E-state index contributed by atoms with van der Waals surface area (Å²) in [5, 5.41) is 0. The number of halogens is 11. The van der Waals surface area contributed by atoms with Crippen molar-refractivity contribution >= 4 is 21.0 Å². The van der Waals surface area contributed by atoms with Crippen LogP contribution in [0.5, 0.6) is 0 Å². The van der Waals surface area contributed by atoms with Gasteiger partial charge >= 0.3 is 12.4 Å². The van der Waals surface area contributed by atoms with Crippen LogP contribution in [0.3, 0.4) is 0 Å². The molecule has 0 aliphatic rings. The minimum atomic E-state index is -5.77. The summed E-state index contributed by atoms with van der Waals surface area (Å²) in [5.41, 5.74) is -1.54. The average Bonchev–Trinajstić information content (AvgIpc) is 2.91. The zero-order valence-electron chi connectivity index (χ0n) is 20.2. The third-order valence-corrected chi connectivity index (χ3v) is 8.32. The number of hydrogen-bond acceptors (Lipinski definition) is 3. The fraction of sp³-hybridized carbons (Fsp3) is 0.0769. The first-order valence-electron chi connectivity index (χ1n) is 10.9. The summed E-state index contributed by atoms with van der Waals surface area (Å²) in [6.07, 6.45) is -8.89. The maximum absolute atomic E-state index is 12.8. The molecule has 16 heteroatoms. The van der Waals surface area contributed by atoms with Crippen LogP contribution in [0.25, 0.3) is 0 Å². The number of benzene rings is 4. The van der Waals surface area contributed by atoms with E-state index in [0.29, 0.717) is 9.79 Å². The van der Waals surface area contributed by atoms with Crippen LogP contribution in [0.15, 0.2) is 98.4 Å². The van der Waals surface area contributed by atoms with E-state index in [9.17, 15) is 61.3 Å². The van der Waals surface area contributed by atoms with Crippen LogP contribution in [-0.4, -0.2) is 13.0 Å². The molecule has 0 N–H and O–H groups in total. The quantitative estimate of drug-likeness (QED) is 0.0741. The van der Waals surface area contributed by atoms with E-state index in [-0.39, 0.29) is 0 Å². The van der Waals surface area contributed by atoms with Gasteiger partial charge in [-0.2, -0.15) is 26.3 Å². The molecule has 0 aromatic heterocycles. The normalized spacial score (nSPS) is 12.2. The predicted octanol–water partition coefficient (Wildman–Crippen LogP) is 8.11. The van der Waals surface area contributed by atoms with Gasteiger partial charge in [-0.3, -0.25) is 0 Å². The minimum absolute atomic E-state index is 0.592. The highest BCUT2D eigenvalue weighted by molar-refractivity contribution is 7.97. The van der Waals surface area contributed by atoms with Gasteiger partial charge in [-0.05, 0) is 60.7 Å². The molecule has 224 valence electrons. The van der Waals surface area contributed by atoms with Crippen molar-refractivity contribution < 1.29 is 61.3 Å². The second kappa shape index (κ2) is 12.3. The molecule has 0 heterocycles. The van der Waals surface area contributed by atoms with Gasteiger partial charge in [0.25, 0.3) is 0 Å². The standard InChI is InChI=1S/C20H13F6S.C6HF5O3S/c21-19(22,23)14-6-10-17(11-7-14)27(16-4-2-1-3-5-16)18-12-8-15(9-13-18)20(24,25)26;7-1-2(8)4(10)6(15(12,13)14)5(11)3(1)9/h1-13H;(H,12,13,14)/q+1;/p-1. The molecule has 0 bridgehead atoms. The highest BCUT2D eigenvalue weighted by Gasteiger charge is 2.35. The molecule has 4 rings (SSSR count).